The molecule has 1 saturated heterocycles. The lowest BCUT2D eigenvalue weighted by molar-refractivity contribution is 0.0611. The van der Waals surface area contributed by atoms with Crippen LogP contribution in [0.15, 0.2) is 30.3 Å². The highest BCUT2D eigenvalue weighted by molar-refractivity contribution is 9.09. The number of imide groups is 1. The zero-order valence-electron chi connectivity index (χ0n) is 14.1. The molecular formula is C20H21BrN2O2. The predicted molar refractivity (Wildman–Crippen MR) is 104 cm³/mol. The van der Waals surface area contributed by atoms with Gasteiger partial charge in [-0.2, -0.15) is 0 Å². The molecule has 2 aromatic carbocycles. The first kappa shape index (κ1) is 16.6. The molecule has 0 spiro atoms. The number of alkyl halides is 1. The average molecular weight is 401 g/mol. The summed E-state index contributed by atoms with van der Waals surface area (Å²) in [6, 6.07) is 9.79. The van der Waals surface area contributed by atoms with Gasteiger partial charge in [0, 0.05) is 52.6 Å². The summed E-state index contributed by atoms with van der Waals surface area (Å²) in [5, 5.41) is 2.63. The molecule has 0 aliphatic carbocycles. The van der Waals surface area contributed by atoms with Crippen molar-refractivity contribution in [2.75, 3.05) is 29.9 Å². The first-order valence-electron chi connectivity index (χ1n) is 8.95. The molecule has 130 valence electrons. The lowest BCUT2D eigenvalue weighted by Gasteiger charge is -2.32. The van der Waals surface area contributed by atoms with Gasteiger partial charge in [-0.15, -0.1) is 0 Å². The first-order valence-corrected chi connectivity index (χ1v) is 10.1. The molecule has 25 heavy (non-hydrogen) atoms. The minimum atomic E-state index is -0.167. The largest absolute Gasteiger partial charge is 0.371 e. The van der Waals surface area contributed by atoms with Crippen LogP contribution in [0.4, 0.5) is 5.69 Å². The summed E-state index contributed by atoms with van der Waals surface area (Å²) in [7, 11) is 0. The number of nitrogens with zero attached hydrogens (tertiary/aromatic N) is 2. The fourth-order valence-electron chi connectivity index (χ4n) is 3.96. The van der Waals surface area contributed by atoms with Gasteiger partial charge in [0.2, 0.25) is 0 Å². The zero-order valence-corrected chi connectivity index (χ0v) is 15.7. The van der Waals surface area contributed by atoms with Gasteiger partial charge >= 0.3 is 0 Å². The number of halogens is 1. The van der Waals surface area contributed by atoms with Crippen LogP contribution in [0.1, 0.15) is 46.4 Å². The maximum absolute atomic E-state index is 12.9. The summed E-state index contributed by atoms with van der Waals surface area (Å²) in [6.07, 6.45) is 4.42. The van der Waals surface area contributed by atoms with E-state index in [9.17, 15) is 9.59 Å². The van der Waals surface area contributed by atoms with Crippen LogP contribution in [0.25, 0.3) is 10.8 Å². The molecule has 2 aliphatic heterocycles. The van der Waals surface area contributed by atoms with Crippen LogP contribution in [-0.2, 0) is 0 Å². The molecule has 0 atom stereocenters. The number of hydrogen-bond donors (Lipinski definition) is 0. The van der Waals surface area contributed by atoms with E-state index in [-0.39, 0.29) is 11.8 Å². The van der Waals surface area contributed by atoms with E-state index in [1.165, 1.54) is 24.2 Å². The van der Waals surface area contributed by atoms with Crippen molar-refractivity contribution in [3.05, 3.63) is 41.5 Å². The lowest BCUT2D eigenvalue weighted by Crippen LogP contribution is -2.41. The third kappa shape index (κ3) is 2.74. The van der Waals surface area contributed by atoms with E-state index >= 15 is 0 Å². The van der Waals surface area contributed by atoms with E-state index in [1.54, 1.807) is 0 Å². The third-order valence-corrected chi connectivity index (χ3v) is 5.74. The maximum atomic E-state index is 12.9. The van der Waals surface area contributed by atoms with Gasteiger partial charge in [0.25, 0.3) is 11.8 Å². The molecule has 0 saturated carbocycles. The maximum Gasteiger partial charge on any atom is 0.261 e. The standard InChI is InChI=1S/C20H21BrN2O2/c21-10-5-13-23-19(24)15-7-4-6-14-17(22-11-2-1-3-12-22)9-8-16(18(14)15)20(23)25/h4,6-9H,1-3,5,10-13H2. The molecule has 0 radical (unpaired) electrons. The molecule has 4 rings (SSSR count). The molecule has 0 unspecified atom stereocenters. The summed E-state index contributed by atoms with van der Waals surface area (Å²) in [5.74, 6) is -0.334. The number of carbonyl (C=O) groups is 2. The van der Waals surface area contributed by atoms with E-state index in [0.29, 0.717) is 17.7 Å². The highest BCUT2D eigenvalue weighted by Gasteiger charge is 2.33. The average Bonchev–Trinajstić information content (AvgIpc) is 2.66. The van der Waals surface area contributed by atoms with E-state index in [2.05, 4.69) is 26.9 Å². The van der Waals surface area contributed by atoms with Crippen molar-refractivity contribution in [1.29, 1.82) is 0 Å². The number of carbonyl (C=O) groups excluding carboxylic acids is 2. The molecule has 2 heterocycles. The third-order valence-electron chi connectivity index (χ3n) is 5.18. The van der Waals surface area contributed by atoms with E-state index in [0.717, 1.165) is 41.3 Å². The van der Waals surface area contributed by atoms with Crippen molar-refractivity contribution in [1.82, 2.24) is 4.90 Å². The first-order chi connectivity index (χ1) is 12.2. The van der Waals surface area contributed by atoms with Gasteiger partial charge in [-0.05, 0) is 43.9 Å². The molecule has 2 amide bonds. The van der Waals surface area contributed by atoms with Gasteiger partial charge < -0.3 is 4.90 Å². The quantitative estimate of drug-likeness (QED) is 0.569. The number of rotatable bonds is 4. The van der Waals surface area contributed by atoms with E-state index < -0.39 is 0 Å². The normalized spacial score (nSPS) is 17.5. The highest BCUT2D eigenvalue weighted by Crippen LogP contribution is 2.36. The van der Waals surface area contributed by atoms with Crippen LogP contribution in [0.3, 0.4) is 0 Å². The minimum Gasteiger partial charge on any atom is -0.371 e. The van der Waals surface area contributed by atoms with Gasteiger partial charge in [0.1, 0.15) is 0 Å². The molecule has 2 aliphatic rings. The number of anilines is 1. The Bertz CT molecular complexity index is 821. The van der Waals surface area contributed by atoms with Crippen molar-refractivity contribution in [2.45, 2.75) is 25.7 Å². The van der Waals surface area contributed by atoms with Gasteiger partial charge in [0.15, 0.2) is 0 Å². The van der Waals surface area contributed by atoms with Gasteiger partial charge in [-0.3, -0.25) is 14.5 Å². The van der Waals surface area contributed by atoms with Crippen molar-refractivity contribution < 1.29 is 9.59 Å². The predicted octanol–water partition coefficient (Wildman–Crippen LogP) is 4.21. The second-order valence-electron chi connectivity index (χ2n) is 6.71. The number of piperidine rings is 1. The van der Waals surface area contributed by atoms with Gasteiger partial charge in [0.05, 0.1) is 0 Å². The molecule has 1 fully saturated rings. The zero-order chi connectivity index (χ0) is 17.4. The van der Waals surface area contributed by atoms with Crippen molar-refractivity contribution in [3.8, 4) is 0 Å². The topological polar surface area (TPSA) is 40.6 Å². The SMILES string of the molecule is O=C1c2cccc3c(N4CCCCC4)ccc(c23)C(=O)N1CCCBr. The summed E-state index contributed by atoms with van der Waals surface area (Å²) in [5.41, 5.74) is 2.45. The highest BCUT2D eigenvalue weighted by atomic mass is 79.9. The fourth-order valence-corrected chi connectivity index (χ4v) is 4.21. The fraction of sp³-hybridized carbons (Fsp3) is 0.400. The monoisotopic (exact) mass is 400 g/mol. The Morgan fingerprint density at radius 3 is 2.36 bits per heavy atom. The van der Waals surface area contributed by atoms with Crippen LogP contribution in [0, 0.1) is 0 Å². The number of amides is 2. The van der Waals surface area contributed by atoms with E-state index in [1.807, 2.05) is 24.3 Å². The van der Waals surface area contributed by atoms with Crippen LogP contribution in [-0.4, -0.2) is 41.7 Å². The van der Waals surface area contributed by atoms with Crippen LogP contribution in [0.2, 0.25) is 0 Å². The van der Waals surface area contributed by atoms with Gasteiger partial charge in [-0.1, -0.05) is 28.1 Å². The second kappa shape index (κ2) is 6.79. The molecular weight excluding hydrogens is 380 g/mol. The molecule has 2 aromatic rings. The summed E-state index contributed by atoms with van der Waals surface area (Å²) in [6.45, 7) is 2.53. The summed E-state index contributed by atoms with van der Waals surface area (Å²) >= 11 is 3.38. The summed E-state index contributed by atoms with van der Waals surface area (Å²) < 4.78 is 0. The Balaban J connectivity index is 1.85. The minimum absolute atomic E-state index is 0.167. The molecule has 4 nitrogen and oxygen atoms in total. The second-order valence-corrected chi connectivity index (χ2v) is 7.51. The molecule has 0 bridgehead atoms. The lowest BCUT2D eigenvalue weighted by atomic mass is 9.92. The number of benzene rings is 2. The Morgan fingerprint density at radius 1 is 0.920 bits per heavy atom. The molecule has 0 aromatic heterocycles. The van der Waals surface area contributed by atoms with Crippen LogP contribution < -0.4 is 4.90 Å². The smallest absolute Gasteiger partial charge is 0.261 e. The number of hydrogen-bond acceptors (Lipinski definition) is 3. The van der Waals surface area contributed by atoms with Crippen LogP contribution >= 0.6 is 15.9 Å². The van der Waals surface area contributed by atoms with Crippen molar-refractivity contribution >= 4 is 44.2 Å². The Hall–Kier alpha value is -1.88. The molecule has 0 N–H and O–H groups in total. The van der Waals surface area contributed by atoms with E-state index in [4.69, 9.17) is 0 Å². The van der Waals surface area contributed by atoms with Crippen LogP contribution in [0.5, 0.6) is 0 Å². The van der Waals surface area contributed by atoms with Gasteiger partial charge in [-0.25, -0.2) is 0 Å². The van der Waals surface area contributed by atoms with Crippen molar-refractivity contribution in [3.63, 3.8) is 0 Å². The summed E-state index contributed by atoms with van der Waals surface area (Å²) in [4.78, 5) is 29.5. The Labute approximate surface area is 155 Å². The Morgan fingerprint density at radius 2 is 1.64 bits per heavy atom. The Kier molecular flexibility index (Phi) is 4.50. The molecule has 5 heteroatoms. The van der Waals surface area contributed by atoms with Crippen molar-refractivity contribution in [2.24, 2.45) is 0 Å².